The zero-order valence-electron chi connectivity index (χ0n) is 9.75. The molecule has 0 amide bonds. The van der Waals surface area contributed by atoms with E-state index in [1.165, 1.54) is 19.2 Å². The molecule has 94 valence electrons. The second-order valence-electron chi connectivity index (χ2n) is 3.44. The molecule has 0 saturated heterocycles. The first kappa shape index (κ1) is 13.4. The lowest BCUT2D eigenvalue weighted by Crippen LogP contribution is -2.09. The highest BCUT2D eigenvalue weighted by Gasteiger charge is 2.15. The Labute approximate surface area is 98.9 Å². The Kier molecular flexibility index (Phi) is 4.86. The lowest BCUT2D eigenvalue weighted by Gasteiger charge is -2.10. The van der Waals surface area contributed by atoms with Crippen molar-refractivity contribution in [3.63, 3.8) is 0 Å². The molecule has 1 atom stereocenters. The van der Waals surface area contributed by atoms with Gasteiger partial charge in [0.15, 0.2) is 12.0 Å². The van der Waals surface area contributed by atoms with Crippen LogP contribution in [0.5, 0.6) is 5.75 Å². The number of aliphatic hydroxyl groups excluding tert-OH is 1. The molecule has 1 aromatic carbocycles. The molecule has 1 rings (SSSR count). The Morgan fingerprint density at radius 2 is 2.24 bits per heavy atom. The molecule has 1 aromatic rings. The molecule has 6 heteroatoms. The number of benzene rings is 1. The number of nitro groups is 1. The van der Waals surface area contributed by atoms with Gasteiger partial charge < -0.3 is 14.6 Å². The van der Waals surface area contributed by atoms with E-state index < -0.39 is 11.2 Å². The molecule has 0 saturated carbocycles. The van der Waals surface area contributed by atoms with Crippen LogP contribution in [-0.2, 0) is 11.3 Å². The fourth-order valence-corrected chi connectivity index (χ4v) is 1.28. The smallest absolute Gasteiger partial charge is 0.311 e. The Morgan fingerprint density at radius 1 is 1.53 bits per heavy atom. The molecular weight excluding hydrogens is 226 g/mol. The van der Waals surface area contributed by atoms with Gasteiger partial charge in [0, 0.05) is 6.07 Å². The van der Waals surface area contributed by atoms with E-state index in [4.69, 9.17) is 9.47 Å². The van der Waals surface area contributed by atoms with E-state index in [0.29, 0.717) is 12.0 Å². The van der Waals surface area contributed by atoms with E-state index in [0.717, 1.165) is 0 Å². The zero-order valence-corrected chi connectivity index (χ0v) is 9.75. The van der Waals surface area contributed by atoms with Gasteiger partial charge in [-0.05, 0) is 18.1 Å². The van der Waals surface area contributed by atoms with Gasteiger partial charge in [-0.15, -0.1) is 0 Å². The van der Waals surface area contributed by atoms with E-state index in [1.807, 2.05) is 0 Å². The van der Waals surface area contributed by atoms with Crippen LogP contribution in [0.1, 0.15) is 18.9 Å². The first-order chi connectivity index (χ1) is 8.08. The first-order valence-corrected chi connectivity index (χ1v) is 5.19. The molecule has 0 radical (unpaired) electrons. The summed E-state index contributed by atoms with van der Waals surface area (Å²) in [5, 5.41) is 20.0. The van der Waals surface area contributed by atoms with Crippen LogP contribution in [0.2, 0.25) is 0 Å². The summed E-state index contributed by atoms with van der Waals surface area (Å²) in [4.78, 5) is 10.2. The Morgan fingerprint density at radius 3 is 2.76 bits per heavy atom. The topological polar surface area (TPSA) is 81.8 Å². The molecule has 0 bridgehead atoms. The van der Waals surface area contributed by atoms with Gasteiger partial charge in [0.2, 0.25) is 0 Å². The number of hydrogen-bond acceptors (Lipinski definition) is 5. The number of ether oxygens (including phenoxy) is 2. The summed E-state index contributed by atoms with van der Waals surface area (Å²) >= 11 is 0. The third-order valence-corrected chi connectivity index (χ3v) is 2.23. The quantitative estimate of drug-likeness (QED) is 0.467. The molecule has 0 aliphatic heterocycles. The van der Waals surface area contributed by atoms with Crippen LogP contribution in [-0.4, -0.2) is 23.4 Å². The molecule has 1 unspecified atom stereocenters. The predicted molar refractivity (Wildman–Crippen MR) is 60.7 cm³/mol. The number of nitro benzene ring substituents is 1. The molecular formula is C11H15NO5. The van der Waals surface area contributed by atoms with Crippen molar-refractivity contribution in [1.82, 2.24) is 0 Å². The molecule has 6 nitrogen and oxygen atoms in total. The van der Waals surface area contributed by atoms with Crippen LogP contribution in [0.25, 0.3) is 0 Å². The van der Waals surface area contributed by atoms with E-state index in [-0.39, 0.29) is 18.0 Å². The normalized spacial score (nSPS) is 12.2. The van der Waals surface area contributed by atoms with Crippen LogP contribution >= 0.6 is 0 Å². The maximum atomic E-state index is 10.8. The van der Waals surface area contributed by atoms with Crippen molar-refractivity contribution in [2.24, 2.45) is 0 Å². The molecule has 0 heterocycles. The minimum atomic E-state index is -0.851. The number of nitrogens with zero attached hydrogens (tertiary/aromatic N) is 1. The minimum absolute atomic E-state index is 0.111. The molecule has 0 aliphatic carbocycles. The van der Waals surface area contributed by atoms with E-state index in [1.54, 1.807) is 13.0 Å². The number of rotatable bonds is 6. The summed E-state index contributed by atoms with van der Waals surface area (Å²) in [6.45, 7) is 1.90. The average Bonchev–Trinajstić information content (AvgIpc) is 2.35. The first-order valence-electron chi connectivity index (χ1n) is 5.19. The molecule has 0 fully saturated rings. The highest BCUT2D eigenvalue weighted by atomic mass is 16.6. The SMILES string of the molecule is CCC(O)OCc1ccc(OC)c([N+](=O)[O-])c1. The predicted octanol–water partition coefficient (Wildman–Crippen LogP) is 1.85. The monoisotopic (exact) mass is 241 g/mol. The van der Waals surface area contributed by atoms with Crippen molar-refractivity contribution < 1.29 is 19.5 Å². The molecule has 1 N–H and O–H groups in total. The van der Waals surface area contributed by atoms with Crippen molar-refractivity contribution in [3.05, 3.63) is 33.9 Å². The van der Waals surface area contributed by atoms with Crippen molar-refractivity contribution >= 4 is 5.69 Å². The van der Waals surface area contributed by atoms with Gasteiger partial charge in [-0.3, -0.25) is 10.1 Å². The van der Waals surface area contributed by atoms with Crippen LogP contribution in [0.3, 0.4) is 0 Å². The Hall–Kier alpha value is -1.66. The van der Waals surface area contributed by atoms with Gasteiger partial charge in [0.25, 0.3) is 0 Å². The third-order valence-electron chi connectivity index (χ3n) is 2.23. The summed E-state index contributed by atoms with van der Waals surface area (Å²) < 4.78 is 9.95. The fraction of sp³-hybridized carbons (Fsp3) is 0.455. The number of hydrogen-bond donors (Lipinski definition) is 1. The van der Waals surface area contributed by atoms with Gasteiger partial charge in [-0.2, -0.15) is 0 Å². The number of methoxy groups -OCH3 is 1. The molecule has 0 aromatic heterocycles. The third kappa shape index (κ3) is 3.69. The summed E-state index contributed by atoms with van der Waals surface area (Å²) in [6.07, 6.45) is -0.380. The van der Waals surface area contributed by atoms with Gasteiger partial charge in [0.05, 0.1) is 18.6 Å². The van der Waals surface area contributed by atoms with Crippen LogP contribution in [0, 0.1) is 10.1 Å². The molecule has 0 spiro atoms. The fourth-order valence-electron chi connectivity index (χ4n) is 1.28. The molecule has 17 heavy (non-hydrogen) atoms. The summed E-state index contributed by atoms with van der Waals surface area (Å²) in [7, 11) is 1.37. The van der Waals surface area contributed by atoms with Crippen LogP contribution in [0.4, 0.5) is 5.69 Å². The van der Waals surface area contributed by atoms with Crippen LogP contribution < -0.4 is 4.74 Å². The summed E-state index contributed by atoms with van der Waals surface area (Å²) in [6, 6.07) is 4.55. The van der Waals surface area contributed by atoms with Gasteiger partial charge in [0.1, 0.15) is 0 Å². The van der Waals surface area contributed by atoms with Crippen molar-refractivity contribution in [3.8, 4) is 5.75 Å². The van der Waals surface area contributed by atoms with E-state index in [2.05, 4.69) is 0 Å². The van der Waals surface area contributed by atoms with E-state index >= 15 is 0 Å². The largest absolute Gasteiger partial charge is 0.490 e. The van der Waals surface area contributed by atoms with Crippen LogP contribution in [0.15, 0.2) is 18.2 Å². The zero-order chi connectivity index (χ0) is 12.8. The van der Waals surface area contributed by atoms with Gasteiger partial charge in [-0.1, -0.05) is 13.0 Å². The summed E-state index contributed by atoms with van der Waals surface area (Å²) in [5.74, 6) is 0.204. The highest BCUT2D eigenvalue weighted by molar-refractivity contribution is 5.48. The summed E-state index contributed by atoms with van der Waals surface area (Å²) in [5.41, 5.74) is 0.504. The van der Waals surface area contributed by atoms with Crippen molar-refractivity contribution in [2.45, 2.75) is 26.2 Å². The minimum Gasteiger partial charge on any atom is -0.490 e. The number of aliphatic hydroxyl groups is 1. The highest BCUT2D eigenvalue weighted by Crippen LogP contribution is 2.27. The Balaban J connectivity index is 2.81. The van der Waals surface area contributed by atoms with Crippen molar-refractivity contribution in [1.29, 1.82) is 0 Å². The standard InChI is InChI=1S/C11H15NO5/c1-3-11(13)17-7-8-4-5-10(16-2)9(6-8)12(14)15/h4-6,11,13H,3,7H2,1-2H3. The second-order valence-corrected chi connectivity index (χ2v) is 3.44. The van der Waals surface area contributed by atoms with Crippen molar-refractivity contribution in [2.75, 3.05) is 7.11 Å². The van der Waals surface area contributed by atoms with E-state index in [9.17, 15) is 15.2 Å². The Bertz CT molecular complexity index is 393. The second kappa shape index (κ2) is 6.17. The lowest BCUT2D eigenvalue weighted by atomic mass is 10.2. The lowest BCUT2D eigenvalue weighted by molar-refractivity contribution is -0.385. The maximum Gasteiger partial charge on any atom is 0.311 e. The maximum absolute atomic E-state index is 10.8. The molecule has 0 aliphatic rings. The van der Waals surface area contributed by atoms with Gasteiger partial charge in [-0.25, -0.2) is 0 Å². The van der Waals surface area contributed by atoms with Gasteiger partial charge >= 0.3 is 5.69 Å². The average molecular weight is 241 g/mol.